The molecule has 0 aliphatic carbocycles. The number of hydrogen-bond acceptors (Lipinski definition) is 3. The summed E-state index contributed by atoms with van der Waals surface area (Å²) in [6, 6.07) is 6.84. The summed E-state index contributed by atoms with van der Waals surface area (Å²) in [6.45, 7) is 4.52. The Hall–Kier alpha value is -1.42. The third kappa shape index (κ3) is 3.29. The predicted molar refractivity (Wildman–Crippen MR) is 70.6 cm³/mol. The fraction of sp³-hybridized carbons (Fsp3) is 0.462. The molecule has 0 aromatic heterocycles. The van der Waals surface area contributed by atoms with Gasteiger partial charge in [0, 0.05) is 30.2 Å². The Morgan fingerprint density at radius 2 is 1.89 bits per heavy atom. The van der Waals surface area contributed by atoms with Gasteiger partial charge >= 0.3 is 0 Å². The van der Waals surface area contributed by atoms with Crippen LogP contribution in [0.2, 0.25) is 5.02 Å². The van der Waals surface area contributed by atoms with Gasteiger partial charge in [-0.2, -0.15) is 0 Å². The van der Waals surface area contributed by atoms with Crippen LogP contribution in [0.15, 0.2) is 24.3 Å². The number of carbonyl (C=O) groups excluding carboxylic acids is 1. The molecule has 18 heavy (non-hydrogen) atoms. The van der Waals surface area contributed by atoms with Crippen molar-refractivity contribution in [2.45, 2.75) is 38.6 Å². The van der Waals surface area contributed by atoms with E-state index in [9.17, 15) is 14.9 Å². The lowest BCUT2D eigenvalue weighted by Crippen LogP contribution is -2.39. The van der Waals surface area contributed by atoms with Gasteiger partial charge in [0.2, 0.25) is 5.54 Å². The monoisotopic (exact) mass is 269 g/mol. The highest BCUT2D eigenvalue weighted by atomic mass is 35.5. The second kappa shape index (κ2) is 5.48. The minimum atomic E-state index is -1.19. The molecular weight excluding hydrogens is 254 g/mol. The Labute approximate surface area is 111 Å². The van der Waals surface area contributed by atoms with Crippen molar-refractivity contribution in [3.63, 3.8) is 0 Å². The van der Waals surface area contributed by atoms with Crippen LogP contribution in [0, 0.1) is 10.1 Å². The van der Waals surface area contributed by atoms with Crippen molar-refractivity contribution in [1.29, 1.82) is 0 Å². The molecule has 4 nitrogen and oxygen atoms in total. The molecule has 1 rings (SSSR count). The standard InChI is InChI=1S/C13H16ClNO3/c1-9(16)8-12(13(2,3)15(17)18)10-4-6-11(14)7-5-10/h4-7,12H,8H2,1-3H3/t12-/m1/s1. The summed E-state index contributed by atoms with van der Waals surface area (Å²) in [5.74, 6) is -0.521. The first-order valence-electron chi connectivity index (χ1n) is 5.64. The predicted octanol–water partition coefficient (Wildman–Crippen LogP) is 3.46. The molecule has 0 fully saturated rings. The van der Waals surface area contributed by atoms with Crippen molar-refractivity contribution in [1.82, 2.24) is 0 Å². The van der Waals surface area contributed by atoms with Gasteiger partial charge in [-0.1, -0.05) is 23.7 Å². The van der Waals surface area contributed by atoms with E-state index in [1.165, 1.54) is 20.8 Å². The molecule has 0 saturated carbocycles. The molecule has 0 bridgehead atoms. The Morgan fingerprint density at radius 3 is 2.28 bits per heavy atom. The zero-order chi connectivity index (χ0) is 13.9. The van der Waals surface area contributed by atoms with Gasteiger partial charge in [-0.15, -0.1) is 0 Å². The highest BCUT2D eigenvalue weighted by molar-refractivity contribution is 6.30. The molecule has 1 aromatic rings. The quantitative estimate of drug-likeness (QED) is 0.607. The lowest BCUT2D eigenvalue weighted by molar-refractivity contribution is -0.565. The van der Waals surface area contributed by atoms with E-state index >= 15 is 0 Å². The van der Waals surface area contributed by atoms with E-state index in [0.717, 1.165) is 5.56 Å². The molecule has 0 aliphatic heterocycles. The topological polar surface area (TPSA) is 60.2 Å². The summed E-state index contributed by atoms with van der Waals surface area (Å²) in [6.07, 6.45) is 0.148. The van der Waals surface area contributed by atoms with E-state index < -0.39 is 11.5 Å². The average Bonchev–Trinajstić information content (AvgIpc) is 2.26. The second-order valence-corrected chi connectivity index (χ2v) is 5.36. The number of rotatable bonds is 5. The first-order chi connectivity index (χ1) is 8.25. The number of halogens is 1. The Morgan fingerprint density at radius 1 is 1.39 bits per heavy atom. The van der Waals surface area contributed by atoms with E-state index in [0.29, 0.717) is 5.02 Å². The highest BCUT2D eigenvalue weighted by Crippen LogP contribution is 2.34. The van der Waals surface area contributed by atoms with Gasteiger partial charge in [0.1, 0.15) is 5.78 Å². The van der Waals surface area contributed by atoms with E-state index in [4.69, 9.17) is 11.6 Å². The summed E-state index contributed by atoms with van der Waals surface area (Å²) in [7, 11) is 0. The fourth-order valence-electron chi connectivity index (χ4n) is 1.89. The van der Waals surface area contributed by atoms with Crippen LogP contribution >= 0.6 is 11.6 Å². The third-order valence-corrected chi connectivity index (χ3v) is 3.34. The molecule has 0 amide bonds. The molecule has 0 spiro atoms. The maximum absolute atomic E-state index is 11.3. The SMILES string of the molecule is CC(=O)C[C@H](c1ccc(Cl)cc1)C(C)(C)[N+](=O)[O-]. The lowest BCUT2D eigenvalue weighted by atomic mass is 9.79. The lowest BCUT2D eigenvalue weighted by Gasteiger charge is -2.26. The molecule has 0 N–H and O–H groups in total. The first-order valence-corrected chi connectivity index (χ1v) is 6.02. The van der Waals surface area contributed by atoms with Gasteiger partial charge < -0.3 is 4.79 Å². The van der Waals surface area contributed by atoms with E-state index in [-0.39, 0.29) is 17.1 Å². The van der Waals surface area contributed by atoms with Gasteiger partial charge in [-0.05, 0) is 24.6 Å². The van der Waals surface area contributed by atoms with Crippen molar-refractivity contribution >= 4 is 17.4 Å². The van der Waals surface area contributed by atoms with Crippen molar-refractivity contribution in [3.8, 4) is 0 Å². The second-order valence-electron chi connectivity index (χ2n) is 4.92. The van der Waals surface area contributed by atoms with Crippen LogP contribution in [-0.4, -0.2) is 16.2 Å². The van der Waals surface area contributed by atoms with Crippen molar-refractivity contribution in [2.24, 2.45) is 0 Å². The molecule has 5 heteroatoms. The molecule has 0 saturated heterocycles. The number of Topliss-reactive ketones (excluding diaryl/α,β-unsaturated/α-hetero) is 1. The normalized spacial score (nSPS) is 13.1. The number of benzene rings is 1. The molecule has 1 aromatic carbocycles. The maximum atomic E-state index is 11.3. The largest absolute Gasteiger partial charge is 0.300 e. The zero-order valence-electron chi connectivity index (χ0n) is 10.6. The smallest absolute Gasteiger partial charge is 0.223 e. The first kappa shape index (κ1) is 14.6. The number of nitro groups is 1. The summed E-state index contributed by atoms with van der Waals surface area (Å²) in [4.78, 5) is 22.1. The molecule has 0 unspecified atom stereocenters. The van der Waals surface area contributed by atoms with E-state index in [2.05, 4.69) is 0 Å². The molecule has 0 aliphatic rings. The highest BCUT2D eigenvalue weighted by Gasteiger charge is 2.42. The van der Waals surface area contributed by atoms with Crippen LogP contribution in [0.3, 0.4) is 0 Å². The van der Waals surface area contributed by atoms with Crippen LogP contribution in [0.25, 0.3) is 0 Å². The van der Waals surface area contributed by atoms with E-state index in [1.807, 2.05) is 0 Å². The minimum absolute atomic E-state index is 0.0649. The van der Waals surface area contributed by atoms with Crippen LogP contribution in [0.1, 0.15) is 38.7 Å². The number of nitrogens with zero attached hydrogens (tertiary/aromatic N) is 1. The van der Waals surface area contributed by atoms with Gasteiger partial charge in [0.15, 0.2) is 0 Å². The summed E-state index contributed by atoms with van der Waals surface area (Å²) in [5.41, 5.74) is -0.434. The summed E-state index contributed by atoms with van der Waals surface area (Å²) in [5, 5.41) is 11.7. The molecule has 0 heterocycles. The summed E-state index contributed by atoms with van der Waals surface area (Å²) < 4.78 is 0. The van der Waals surface area contributed by atoms with Crippen LogP contribution in [-0.2, 0) is 4.79 Å². The number of carbonyl (C=O) groups is 1. The van der Waals surface area contributed by atoms with Gasteiger partial charge in [-0.25, -0.2) is 0 Å². The Balaban J connectivity index is 3.17. The zero-order valence-corrected chi connectivity index (χ0v) is 11.4. The van der Waals surface area contributed by atoms with Crippen LogP contribution < -0.4 is 0 Å². The van der Waals surface area contributed by atoms with Gasteiger partial charge in [0.25, 0.3) is 0 Å². The van der Waals surface area contributed by atoms with E-state index in [1.54, 1.807) is 24.3 Å². The number of ketones is 1. The minimum Gasteiger partial charge on any atom is -0.300 e. The molecular formula is C13H16ClNO3. The fourth-order valence-corrected chi connectivity index (χ4v) is 2.01. The molecule has 0 radical (unpaired) electrons. The van der Waals surface area contributed by atoms with Crippen molar-refractivity contribution < 1.29 is 9.72 Å². The van der Waals surface area contributed by atoms with Crippen LogP contribution in [0.4, 0.5) is 0 Å². The Bertz CT molecular complexity index is 454. The van der Waals surface area contributed by atoms with Crippen molar-refractivity contribution in [3.05, 3.63) is 45.0 Å². The summed E-state index contributed by atoms with van der Waals surface area (Å²) >= 11 is 5.80. The number of hydrogen-bond donors (Lipinski definition) is 0. The Kier molecular flexibility index (Phi) is 4.46. The van der Waals surface area contributed by atoms with Crippen molar-refractivity contribution in [2.75, 3.05) is 0 Å². The molecule has 1 atom stereocenters. The van der Waals surface area contributed by atoms with Crippen LogP contribution in [0.5, 0.6) is 0 Å². The third-order valence-electron chi connectivity index (χ3n) is 3.09. The van der Waals surface area contributed by atoms with Gasteiger partial charge in [-0.3, -0.25) is 10.1 Å². The van der Waals surface area contributed by atoms with Gasteiger partial charge in [0.05, 0.1) is 5.92 Å². The maximum Gasteiger partial charge on any atom is 0.223 e. The average molecular weight is 270 g/mol. The molecule has 98 valence electrons.